The number of hydrogen-bond donors (Lipinski definition) is 1. The van der Waals surface area contributed by atoms with E-state index >= 15 is 0 Å². The lowest BCUT2D eigenvalue weighted by Gasteiger charge is -2.32. The second kappa shape index (κ2) is 9.11. The number of amides is 1. The van der Waals surface area contributed by atoms with Gasteiger partial charge in [-0.3, -0.25) is 4.79 Å². The number of halogens is 2. The third kappa shape index (κ3) is 5.07. The van der Waals surface area contributed by atoms with Gasteiger partial charge in [-0.05, 0) is 49.1 Å². The van der Waals surface area contributed by atoms with Crippen LogP contribution in [0.4, 0.5) is 4.39 Å². The molecule has 1 fully saturated rings. The van der Waals surface area contributed by atoms with Gasteiger partial charge in [0.05, 0.1) is 12.7 Å². The molecule has 1 aliphatic heterocycles. The predicted molar refractivity (Wildman–Crippen MR) is 108 cm³/mol. The van der Waals surface area contributed by atoms with Crippen molar-refractivity contribution in [1.29, 1.82) is 0 Å². The van der Waals surface area contributed by atoms with Crippen LogP contribution in [0.2, 0.25) is 5.02 Å². The number of likely N-dealkylation sites (tertiary alicyclic amines) is 1. The molecule has 0 aliphatic carbocycles. The van der Waals surface area contributed by atoms with Gasteiger partial charge in [0, 0.05) is 24.7 Å². The zero-order chi connectivity index (χ0) is 21.0. The third-order valence-electron chi connectivity index (χ3n) is 4.98. The number of sulfonamides is 1. The lowest BCUT2D eigenvalue weighted by Crippen LogP contribution is -2.41. The molecule has 1 aliphatic rings. The van der Waals surface area contributed by atoms with Crippen molar-refractivity contribution in [3.63, 3.8) is 0 Å². The Hall–Kier alpha value is -2.16. The topological polar surface area (TPSA) is 75.7 Å². The third-order valence-corrected chi connectivity index (χ3v) is 6.66. The van der Waals surface area contributed by atoms with E-state index in [1.54, 1.807) is 23.1 Å². The van der Waals surface area contributed by atoms with E-state index in [4.69, 9.17) is 16.3 Å². The van der Waals surface area contributed by atoms with Gasteiger partial charge < -0.3 is 9.64 Å². The first-order valence-corrected chi connectivity index (χ1v) is 11.0. The number of ether oxygens (including phenoxy) is 1. The fraction of sp³-hybridized carbons (Fsp3) is 0.350. The normalized spacial score (nSPS) is 15.3. The molecular formula is C20H22ClFN2O4S. The molecule has 1 N–H and O–H groups in total. The predicted octanol–water partition coefficient (Wildman–Crippen LogP) is 3.32. The Morgan fingerprint density at radius 2 is 1.93 bits per heavy atom. The summed E-state index contributed by atoms with van der Waals surface area (Å²) < 4.78 is 46.8. The Balaban J connectivity index is 1.58. The van der Waals surface area contributed by atoms with Gasteiger partial charge in [0.2, 0.25) is 10.0 Å². The Kier molecular flexibility index (Phi) is 6.77. The highest BCUT2D eigenvalue weighted by Gasteiger charge is 2.27. The van der Waals surface area contributed by atoms with E-state index in [-0.39, 0.29) is 34.6 Å². The van der Waals surface area contributed by atoms with E-state index in [0.29, 0.717) is 31.0 Å². The number of carbonyl (C=O) groups is 1. The highest BCUT2D eigenvalue weighted by molar-refractivity contribution is 7.89. The molecule has 0 atom stereocenters. The highest BCUT2D eigenvalue weighted by atomic mass is 35.5. The zero-order valence-electron chi connectivity index (χ0n) is 15.9. The summed E-state index contributed by atoms with van der Waals surface area (Å²) in [6, 6.07) is 10.3. The second-order valence-corrected chi connectivity index (χ2v) is 9.03. The number of hydrogen-bond acceptors (Lipinski definition) is 4. The van der Waals surface area contributed by atoms with Gasteiger partial charge in [0.15, 0.2) is 0 Å². The summed E-state index contributed by atoms with van der Waals surface area (Å²) in [5, 5.41) is 0.297. The first kappa shape index (κ1) is 21.5. The van der Waals surface area contributed by atoms with Crippen molar-refractivity contribution >= 4 is 27.5 Å². The van der Waals surface area contributed by atoms with E-state index in [0.717, 1.165) is 0 Å². The molecule has 1 heterocycles. The summed E-state index contributed by atoms with van der Waals surface area (Å²) >= 11 is 5.92. The molecule has 1 amide bonds. The summed E-state index contributed by atoms with van der Waals surface area (Å²) in [7, 11) is -2.40. The van der Waals surface area contributed by atoms with Crippen LogP contribution >= 0.6 is 11.6 Å². The summed E-state index contributed by atoms with van der Waals surface area (Å²) in [6.45, 7) is 1.12. The van der Waals surface area contributed by atoms with E-state index in [1.807, 2.05) is 0 Å². The van der Waals surface area contributed by atoms with Crippen LogP contribution in [0.3, 0.4) is 0 Å². The largest absolute Gasteiger partial charge is 0.495 e. The van der Waals surface area contributed by atoms with Crippen LogP contribution in [0.1, 0.15) is 23.2 Å². The van der Waals surface area contributed by atoms with Crippen molar-refractivity contribution < 1.29 is 22.3 Å². The Morgan fingerprint density at radius 3 is 2.59 bits per heavy atom. The number of benzene rings is 2. The molecule has 0 aromatic heterocycles. The minimum atomic E-state index is -3.79. The number of piperidine rings is 1. The summed E-state index contributed by atoms with van der Waals surface area (Å²) in [5.41, 5.74) is 0.0553. The van der Waals surface area contributed by atoms with E-state index < -0.39 is 15.8 Å². The Bertz CT molecular complexity index is 992. The molecule has 0 saturated carbocycles. The van der Waals surface area contributed by atoms with E-state index in [1.165, 1.54) is 31.4 Å². The fourth-order valence-electron chi connectivity index (χ4n) is 3.31. The maximum atomic E-state index is 13.8. The maximum absolute atomic E-state index is 13.8. The van der Waals surface area contributed by atoms with Crippen LogP contribution in [-0.2, 0) is 10.0 Å². The van der Waals surface area contributed by atoms with Gasteiger partial charge in [0.1, 0.15) is 16.5 Å². The SMILES string of the molecule is COc1ccc(Cl)cc1S(=O)(=O)NCC1CCN(C(=O)c2ccccc2F)CC1. The molecule has 0 radical (unpaired) electrons. The minimum Gasteiger partial charge on any atom is -0.495 e. The van der Waals surface area contributed by atoms with Crippen molar-refractivity contribution in [1.82, 2.24) is 9.62 Å². The van der Waals surface area contributed by atoms with E-state index in [2.05, 4.69) is 4.72 Å². The minimum absolute atomic E-state index is 0.0142. The zero-order valence-corrected chi connectivity index (χ0v) is 17.5. The first-order chi connectivity index (χ1) is 13.8. The van der Waals surface area contributed by atoms with Crippen LogP contribution in [-0.4, -0.2) is 46.0 Å². The standard InChI is InChI=1S/C20H22ClFN2O4S/c1-28-18-7-6-15(21)12-19(18)29(26,27)23-13-14-8-10-24(11-9-14)20(25)16-4-2-3-5-17(16)22/h2-7,12,14,23H,8-11,13H2,1H3. The van der Waals surface area contributed by atoms with E-state index in [9.17, 15) is 17.6 Å². The van der Waals surface area contributed by atoms with Crippen molar-refractivity contribution in [2.24, 2.45) is 5.92 Å². The lowest BCUT2D eigenvalue weighted by atomic mass is 9.96. The fourth-order valence-corrected chi connectivity index (χ4v) is 4.86. The van der Waals surface area contributed by atoms with Crippen LogP contribution in [0.15, 0.2) is 47.4 Å². The van der Waals surface area contributed by atoms with Gasteiger partial charge >= 0.3 is 0 Å². The summed E-state index contributed by atoms with van der Waals surface area (Å²) in [4.78, 5) is 14.1. The molecule has 9 heteroatoms. The molecule has 6 nitrogen and oxygen atoms in total. The Labute approximate surface area is 174 Å². The second-order valence-electron chi connectivity index (χ2n) is 6.86. The molecular weight excluding hydrogens is 419 g/mol. The van der Waals surface area contributed by atoms with Gasteiger partial charge in [-0.1, -0.05) is 23.7 Å². The Morgan fingerprint density at radius 1 is 1.24 bits per heavy atom. The molecule has 2 aromatic carbocycles. The van der Waals surface area contributed by atoms with Crippen LogP contribution in [0.25, 0.3) is 0 Å². The molecule has 0 bridgehead atoms. The van der Waals surface area contributed by atoms with Crippen molar-refractivity contribution in [2.75, 3.05) is 26.7 Å². The number of rotatable bonds is 6. The van der Waals surface area contributed by atoms with Gasteiger partial charge in [-0.15, -0.1) is 0 Å². The quantitative estimate of drug-likeness (QED) is 0.747. The van der Waals surface area contributed by atoms with Crippen molar-refractivity contribution in [3.8, 4) is 5.75 Å². The lowest BCUT2D eigenvalue weighted by molar-refractivity contribution is 0.0687. The summed E-state index contributed by atoms with van der Waals surface area (Å²) in [6.07, 6.45) is 1.24. The van der Waals surface area contributed by atoms with Crippen LogP contribution in [0, 0.1) is 11.7 Å². The first-order valence-electron chi connectivity index (χ1n) is 9.19. The molecule has 0 spiro atoms. The number of carbonyl (C=O) groups excluding carboxylic acids is 1. The van der Waals surface area contributed by atoms with Gasteiger partial charge in [-0.2, -0.15) is 0 Å². The molecule has 0 unspecified atom stereocenters. The average Bonchev–Trinajstić information content (AvgIpc) is 2.72. The van der Waals surface area contributed by atoms with Crippen LogP contribution in [0.5, 0.6) is 5.75 Å². The summed E-state index contributed by atoms with van der Waals surface area (Å²) in [5.74, 6) is -0.597. The maximum Gasteiger partial charge on any atom is 0.256 e. The molecule has 2 aromatic rings. The monoisotopic (exact) mass is 440 g/mol. The molecule has 3 rings (SSSR count). The molecule has 156 valence electrons. The number of nitrogens with one attached hydrogen (secondary N) is 1. The average molecular weight is 441 g/mol. The van der Waals surface area contributed by atoms with Crippen molar-refractivity contribution in [2.45, 2.75) is 17.7 Å². The molecule has 29 heavy (non-hydrogen) atoms. The smallest absolute Gasteiger partial charge is 0.256 e. The van der Waals surface area contributed by atoms with Crippen molar-refractivity contribution in [3.05, 3.63) is 58.9 Å². The number of nitrogens with zero attached hydrogens (tertiary/aromatic N) is 1. The molecule has 1 saturated heterocycles. The number of methoxy groups -OCH3 is 1. The highest BCUT2D eigenvalue weighted by Crippen LogP contribution is 2.27. The van der Waals surface area contributed by atoms with Crippen LogP contribution < -0.4 is 9.46 Å². The van der Waals surface area contributed by atoms with Gasteiger partial charge in [-0.25, -0.2) is 17.5 Å². The van der Waals surface area contributed by atoms with Gasteiger partial charge in [0.25, 0.3) is 5.91 Å².